The molecule has 3 aromatic carbocycles. The van der Waals surface area contributed by atoms with E-state index < -0.39 is 28.0 Å². The van der Waals surface area contributed by atoms with E-state index >= 15 is 0 Å². The maximum absolute atomic E-state index is 13.0. The van der Waals surface area contributed by atoms with E-state index in [9.17, 15) is 18.0 Å². The number of fused-ring (bicyclic) bond motifs is 1. The number of para-hydroxylation sites is 2. The SMILES string of the molecule is CC(OC(=O)c1ccccc1-c1nc2ccccc2o1)C(=O)Nc1ccc(S(=O)(=O)Nc2ccccn2)cc1. The van der Waals surface area contributed by atoms with Crippen LogP contribution in [0.5, 0.6) is 0 Å². The van der Waals surface area contributed by atoms with Crippen molar-refractivity contribution < 1.29 is 27.2 Å². The number of pyridine rings is 1. The van der Waals surface area contributed by atoms with Crippen molar-refractivity contribution in [2.24, 2.45) is 0 Å². The van der Waals surface area contributed by atoms with Crippen molar-refractivity contribution in [2.75, 3.05) is 10.0 Å². The van der Waals surface area contributed by atoms with Gasteiger partial charge in [-0.25, -0.2) is 23.2 Å². The van der Waals surface area contributed by atoms with E-state index in [-0.39, 0.29) is 22.2 Å². The normalized spacial score (nSPS) is 12.0. The molecule has 1 atom stereocenters. The van der Waals surface area contributed by atoms with Gasteiger partial charge in [0.2, 0.25) is 5.89 Å². The molecule has 2 heterocycles. The molecule has 1 unspecified atom stereocenters. The molecule has 0 fully saturated rings. The van der Waals surface area contributed by atoms with E-state index in [0.717, 1.165) is 0 Å². The number of oxazole rings is 1. The van der Waals surface area contributed by atoms with Gasteiger partial charge in [-0.15, -0.1) is 0 Å². The van der Waals surface area contributed by atoms with Gasteiger partial charge < -0.3 is 14.5 Å². The molecule has 0 radical (unpaired) electrons. The van der Waals surface area contributed by atoms with Gasteiger partial charge in [0, 0.05) is 11.9 Å². The Labute approximate surface area is 223 Å². The van der Waals surface area contributed by atoms with Crippen molar-refractivity contribution in [1.29, 1.82) is 0 Å². The van der Waals surface area contributed by atoms with Gasteiger partial charge in [-0.05, 0) is 67.6 Å². The Hall–Kier alpha value is -5.03. The van der Waals surface area contributed by atoms with Crippen LogP contribution in [0.2, 0.25) is 0 Å². The van der Waals surface area contributed by atoms with Crippen LogP contribution in [0.15, 0.2) is 107 Å². The second-order valence-corrected chi connectivity index (χ2v) is 10.1. The van der Waals surface area contributed by atoms with Gasteiger partial charge in [-0.2, -0.15) is 0 Å². The Morgan fingerprint density at radius 3 is 2.36 bits per heavy atom. The first kappa shape index (κ1) is 25.6. The summed E-state index contributed by atoms with van der Waals surface area (Å²) in [6, 6.07) is 24.3. The minimum Gasteiger partial charge on any atom is -0.449 e. The van der Waals surface area contributed by atoms with Crippen LogP contribution in [-0.2, 0) is 19.6 Å². The Balaban J connectivity index is 1.24. The number of carbonyl (C=O) groups excluding carboxylic acids is 2. The van der Waals surface area contributed by atoms with Crippen LogP contribution in [-0.4, -0.2) is 36.4 Å². The summed E-state index contributed by atoms with van der Waals surface area (Å²) in [5.41, 5.74) is 2.18. The molecule has 5 aromatic rings. The van der Waals surface area contributed by atoms with Gasteiger partial charge in [0.15, 0.2) is 11.7 Å². The largest absolute Gasteiger partial charge is 0.449 e. The molecule has 0 saturated heterocycles. The highest BCUT2D eigenvalue weighted by atomic mass is 32.2. The van der Waals surface area contributed by atoms with Crippen molar-refractivity contribution in [3.63, 3.8) is 0 Å². The Morgan fingerprint density at radius 2 is 1.62 bits per heavy atom. The van der Waals surface area contributed by atoms with Crippen molar-refractivity contribution in [3.8, 4) is 11.5 Å². The molecule has 5 rings (SSSR count). The fourth-order valence-corrected chi connectivity index (χ4v) is 4.70. The molecule has 0 aliphatic carbocycles. The highest BCUT2D eigenvalue weighted by molar-refractivity contribution is 7.92. The molecule has 11 heteroatoms. The van der Waals surface area contributed by atoms with Crippen LogP contribution in [0.4, 0.5) is 11.5 Å². The lowest BCUT2D eigenvalue weighted by atomic mass is 10.1. The number of nitrogens with zero attached hydrogens (tertiary/aromatic N) is 2. The molecule has 196 valence electrons. The number of aromatic nitrogens is 2. The van der Waals surface area contributed by atoms with E-state index in [0.29, 0.717) is 22.4 Å². The van der Waals surface area contributed by atoms with Crippen molar-refractivity contribution >= 4 is 44.5 Å². The first-order valence-electron chi connectivity index (χ1n) is 11.8. The van der Waals surface area contributed by atoms with E-state index in [1.807, 2.05) is 12.1 Å². The molecular weight excluding hydrogens is 520 g/mol. The molecule has 2 aromatic heterocycles. The van der Waals surface area contributed by atoms with E-state index in [1.165, 1.54) is 43.5 Å². The third-order valence-electron chi connectivity index (χ3n) is 5.66. The molecule has 0 spiro atoms. The highest BCUT2D eigenvalue weighted by Gasteiger charge is 2.23. The number of benzene rings is 3. The van der Waals surface area contributed by atoms with Gasteiger partial charge in [0.25, 0.3) is 15.9 Å². The quantitative estimate of drug-likeness (QED) is 0.265. The average Bonchev–Trinajstić information content (AvgIpc) is 3.38. The number of hydrogen-bond acceptors (Lipinski definition) is 8. The maximum atomic E-state index is 13.0. The monoisotopic (exact) mass is 542 g/mol. The van der Waals surface area contributed by atoms with E-state index in [2.05, 4.69) is 20.0 Å². The summed E-state index contributed by atoms with van der Waals surface area (Å²) in [5.74, 6) is -0.876. The number of anilines is 2. The Bertz CT molecular complexity index is 1720. The number of nitrogens with one attached hydrogen (secondary N) is 2. The third kappa shape index (κ3) is 5.78. The van der Waals surface area contributed by atoms with Crippen LogP contribution in [0.1, 0.15) is 17.3 Å². The van der Waals surface area contributed by atoms with Crippen molar-refractivity contribution in [3.05, 3.63) is 103 Å². The zero-order valence-corrected chi connectivity index (χ0v) is 21.4. The van der Waals surface area contributed by atoms with Crippen LogP contribution in [0.25, 0.3) is 22.6 Å². The molecular formula is C28H22N4O6S. The predicted molar refractivity (Wildman–Crippen MR) is 144 cm³/mol. The summed E-state index contributed by atoms with van der Waals surface area (Å²) >= 11 is 0. The summed E-state index contributed by atoms with van der Waals surface area (Å²) in [7, 11) is -3.86. The zero-order chi connectivity index (χ0) is 27.4. The number of hydrogen-bond donors (Lipinski definition) is 2. The summed E-state index contributed by atoms with van der Waals surface area (Å²) in [5, 5.41) is 2.62. The minimum absolute atomic E-state index is 0.0126. The van der Waals surface area contributed by atoms with Crippen molar-refractivity contribution in [2.45, 2.75) is 17.9 Å². The number of amides is 1. The van der Waals surface area contributed by atoms with Gasteiger partial charge in [0.1, 0.15) is 11.3 Å². The summed E-state index contributed by atoms with van der Waals surface area (Å²) < 4.78 is 38.7. The number of rotatable bonds is 8. The van der Waals surface area contributed by atoms with E-state index in [4.69, 9.17) is 9.15 Å². The molecule has 0 aliphatic rings. The second-order valence-electron chi connectivity index (χ2n) is 8.41. The van der Waals surface area contributed by atoms with Gasteiger partial charge >= 0.3 is 5.97 Å². The topological polar surface area (TPSA) is 140 Å². The van der Waals surface area contributed by atoms with E-state index in [1.54, 1.807) is 48.5 Å². The van der Waals surface area contributed by atoms with Gasteiger partial charge in [-0.1, -0.05) is 30.3 Å². The van der Waals surface area contributed by atoms with Gasteiger partial charge in [0.05, 0.1) is 16.0 Å². The minimum atomic E-state index is -3.86. The summed E-state index contributed by atoms with van der Waals surface area (Å²) in [4.78, 5) is 34.1. The fourth-order valence-electron chi connectivity index (χ4n) is 3.69. The Morgan fingerprint density at radius 1 is 0.897 bits per heavy atom. The third-order valence-corrected chi connectivity index (χ3v) is 7.03. The van der Waals surface area contributed by atoms with Gasteiger partial charge in [-0.3, -0.25) is 9.52 Å². The fraction of sp³-hybridized carbons (Fsp3) is 0.0714. The molecule has 0 aliphatic heterocycles. The maximum Gasteiger partial charge on any atom is 0.339 e. The van der Waals surface area contributed by atoms with Crippen molar-refractivity contribution in [1.82, 2.24) is 9.97 Å². The smallest absolute Gasteiger partial charge is 0.339 e. The molecule has 0 saturated carbocycles. The molecule has 0 bridgehead atoms. The molecule has 39 heavy (non-hydrogen) atoms. The predicted octanol–water partition coefficient (Wildman–Crippen LogP) is 4.87. The van der Waals surface area contributed by atoms with Crippen LogP contribution in [0.3, 0.4) is 0 Å². The summed E-state index contributed by atoms with van der Waals surface area (Å²) in [6.07, 6.45) is 0.321. The number of sulfonamides is 1. The number of esters is 1. The lowest BCUT2D eigenvalue weighted by Crippen LogP contribution is -2.30. The lowest BCUT2D eigenvalue weighted by Gasteiger charge is -2.15. The number of ether oxygens (including phenoxy) is 1. The highest BCUT2D eigenvalue weighted by Crippen LogP contribution is 2.27. The lowest BCUT2D eigenvalue weighted by molar-refractivity contribution is -0.123. The molecule has 2 N–H and O–H groups in total. The molecule has 10 nitrogen and oxygen atoms in total. The second kappa shape index (κ2) is 10.8. The number of carbonyl (C=O) groups is 2. The average molecular weight is 543 g/mol. The first-order valence-corrected chi connectivity index (χ1v) is 13.3. The zero-order valence-electron chi connectivity index (χ0n) is 20.6. The van der Waals surface area contributed by atoms with Crippen LogP contribution in [0, 0.1) is 0 Å². The standard InChI is InChI=1S/C28H22N4O6S/c1-18(26(33)30-19-13-15-20(16-14-19)39(35,36)32-25-12-6-7-17-29-25)37-28(34)22-9-3-2-8-21(22)27-31-23-10-4-5-11-24(23)38-27/h2-18H,1H3,(H,29,32)(H,30,33). The summed E-state index contributed by atoms with van der Waals surface area (Å²) in [6.45, 7) is 1.44. The van der Waals surface area contributed by atoms with Crippen LogP contribution < -0.4 is 10.0 Å². The Kier molecular flexibility index (Phi) is 7.06. The van der Waals surface area contributed by atoms with Crippen LogP contribution >= 0.6 is 0 Å². The molecule has 1 amide bonds. The first-order chi connectivity index (χ1) is 18.8.